The van der Waals surface area contributed by atoms with Crippen molar-refractivity contribution in [2.45, 2.75) is 64.6 Å². The number of hydrogen-bond acceptors (Lipinski definition) is 7. The third-order valence-electron chi connectivity index (χ3n) is 9.75. The lowest BCUT2D eigenvalue weighted by molar-refractivity contribution is -0.891. The Morgan fingerprint density at radius 2 is 1.33 bits per heavy atom. The maximum atomic E-state index is 12.7. The van der Waals surface area contributed by atoms with Gasteiger partial charge in [-0.25, -0.2) is 4.79 Å². The number of unbranched alkanes of at least 4 members (excludes halogenated alkanes) is 3. The van der Waals surface area contributed by atoms with Crippen LogP contribution in [0.25, 0.3) is 11.1 Å². The van der Waals surface area contributed by atoms with Crippen molar-refractivity contribution in [1.29, 1.82) is 0 Å². The van der Waals surface area contributed by atoms with Gasteiger partial charge in [-0.3, -0.25) is 5.32 Å². The molecule has 9 nitrogen and oxygen atoms in total. The highest BCUT2D eigenvalue weighted by molar-refractivity contribution is 5.91. The minimum Gasteiger partial charge on any atom is -0.446 e. The van der Waals surface area contributed by atoms with Crippen LogP contribution in [0.1, 0.15) is 56.6 Å². The van der Waals surface area contributed by atoms with E-state index >= 15 is 0 Å². The monoisotopic (exact) mass is 718 g/mol. The van der Waals surface area contributed by atoms with Gasteiger partial charge in [0.05, 0.1) is 72.6 Å². The summed E-state index contributed by atoms with van der Waals surface area (Å²) < 4.78 is 30.0. The molecule has 1 aliphatic rings. The number of amides is 1. The lowest BCUT2D eigenvalue weighted by Crippen LogP contribution is -2.43. The predicted molar refractivity (Wildman–Crippen MR) is 210 cm³/mol. The molecule has 9 heteroatoms. The van der Waals surface area contributed by atoms with E-state index in [1.807, 2.05) is 54.6 Å². The third kappa shape index (κ3) is 16.1. The third-order valence-corrected chi connectivity index (χ3v) is 9.75. The Morgan fingerprint density at radius 3 is 2.08 bits per heavy atom. The van der Waals surface area contributed by atoms with Gasteiger partial charge in [0.1, 0.15) is 12.6 Å². The van der Waals surface area contributed by atoms with Crippen LogP contribution < -0.4 is 5.32 Å². The summed E-state index contributed by atoms with van der Waals surface area (Å²) in [5.74, 6) is 0. The first-order valence-corrected chi connectivity index (χ1v) is 19.5. The van der Waals surface area contributed by atoms with Gasteiger partial charge in [0, 0.05) is 31.8 Å². The van der Waals surface area contributed by atoms with Gasteiger partial charge in [-0.15, -0.1) is 0 Å². The molecule has 1 N–H and O–H groups in total. The average Bonchev–Trinajstić information content (AvgIpc) is 3.16. The summed E-state index contributed by atoms with van der Waals surface area (Å²) >= 11 is 0. The summed E-state index contributed by atoms with van der Waals surface area (Å²) in [4.78, 5) is 15.0. The van der Waals surface area contributed by atoms with Gasteiger partial charge in [0.2, 0.25) is 0 Å². The topological polar surface area (TPSA) is 78.5 Å². The number of para-hydroxylation sites is 1. The zero-order valence-corrected chi connectivity index (χ0v) is 32.1. The summed E-state index contributed by atoms with van der Waals surface area (Å²) in [6.45, 7) is 12.3. The van der Waals surface area contributed by atoms with E-state index in [4.69, 9.17) is 23.7 Å². The molecule has 0 atom stereocenters. The van der Waals surface area contributed by atoms with Gasteiger partial charge >= 0.3 is 6.09 Å². The quantitative estimate of drug-likeness (QED) is 0.0707. The molecule has 1 fully saturated rings. The Labute approximate surface area is 313 Å². The van der Waals surface area contributed by atoms with Crippen LogP contribution >= 0.6 is 0 Å². The molecule has 1 saturated heterocycles. The number of aryl methyl sites for hydroxylation is 1. The summed E-state index contributed by atoms with van der Waals surface area (Å²) in [6, 6.07) is 26.4. The molecule has 0 aromatic heterocycles. The second-order valence-electron chi connectivity index (χ2n) is 14.3. The normalized spacial score (nSPS) is 14.1. The first-order chi connectivity index (χ1) is 25.4. The van der Waals surface area contributed by atoms with E-state index < -0.39 is 6.09 Å². The maximum absolute atomic E-state index is 12.7. The highest BCUT2D eigenvalue weighted by atomic mass is 16.6. The summed E-state index contributed by atoms with van der Waals surface area (Å²) in [6.07, 6.45) is 7.03. The standard InChI is InChI=1S/C43H63N3O6/c1-4-37-16-10-11-19-39(37)36-51-29-15-6-5-14-27-46(2,3)28-31-49-33-35-50-34-32-48-30-26-45-24-22-40(23-25-45)52-43(47)44-42-21-13-12-20-41(42)38-17-8-7-9-18-38/h7-13,16-21,40H,4-6,14-15,22-36H2,1-3H3/p+1. The molecule has 0 saturated carbocycles. The first kappa shape index (κ1) is 41.4. The lowest BCUT2D eigenvalue weighted by Gasteiger charge is -2.31. The van der Waals surface area contributed by atoms with Crippen molar-refractivity contribution in [1.82, 2.24) is 4.90 Å². The number of ether oxygens (including phenoxy) is 5. The molecule has 1 heterocycles. The number of likely N-dealkylation sites (tertiary alicyclic amines) is 1. The number of likely N-dealkylation sites (N-methyl/N-ethyl adjacent to an activating group) is 1. The minimum absolute atomic E-state index is 0.0809. The second-order valence-corrected chi connectivity index (χ2v) is 14.3. The summed E-state index contributed by atoms with van der Waals surface area (Å²) in [7, 11) is 4.57. The fraction of sp³-hybridized carbons (Fsp3) is 0.558. The van der Waals surface area contributed by atoms with Gasteiger partial charge in [-0.05, 0) is 61.3 Å². The van der Waals surface area contributed by atoms with Gasteiger partial charge < -0.3 is 33.1 Å². The Bertz CT molecular complexity index is 1400. The van der Waals surface area contributed by atoms with E-state index in [2.05, 4.69) is 55.5 Å². The van der Waals surface area contributed by atoms with Gasteiger partial charge in [-0.1, -0.05) is 86.1 Å². The van der Waals surface area contributed by atoms with Crippen LogP contribution in [0.4, 0.5) is 10.5 Å². The number of nitrogens with one attached hydrogen (secondary N) is 1. The Hall–Kier alpha value is -3.31. The summed E-state index contributed by atoms with van der Waals surface area (Å²) in [5, 5.41) is 2.95. The SMILES string of the molecule is CCc1ccccc1COCCCCCC[N+](C)(C)CCOCCOCCOCCN1CCC(OC(=O)Nc2ccccc2-c2ccccc2)CC1. The zero-order chi connectivity index (χ0) is 36.7. The summed E-state index contributed by atoms with van der Waals surface area (Å²) in [5.41, 5.74) is 5.49. The van der Waals surface area contributed by atoms with Crippen molar-refractivity contribution in [2.24, 2.45) is 0 Å². The molecule has 1 aliphatic heterocycles. The van der Waals surface area contributed by atoms with Crippen molar-refractivity contribution in [2.75, 3.05) is 98.4 Å². The molecule has 1 amide bonds. The number of carbonyl (C=O) groups excluding carboxylic acids is 1. The van der Waals surface area contributed by atoms with E-state index in [-0.39, 0.29) is 6.10 Å². The van der Waals surface area contributed by atoms with Crippen molar-refractivity contribution in [3.8, 4) is 11.1 Å². The van der Waals surface area contributed by atoms with Crippen LogP contribution in [0.2, 0.25) is 0 Å². The van der Waals surface area contributed by atoms with Crippen molar-refractivity contribution in [3.63, 3.8) is 0 Å². The van der Waals surface area contributed by atoms with Crippen LogP contribution in [0.3, 0.4) is 0 Å². The zero-order valence-electron chi connectivity index (χ0n) is 32.1. The van der Waals surface area contributed by atoms with E-state index in [0.717, 1.165) is 99.5 Å². The number of nitrogens with zero attached hydrogens (tertiary/aromatic N) is 2. The molecule has 4 rings (SSSR count). The Morgan fingerprint density at radius 1 is 0.692 bits per heavy atom. The molecule has 0 radical (unpaired) electrons. The largest absolute Gasteiger partial charge is 0.446 e. The number of carbonyl (C=O) groups is 1. The van der Waals surface area contributed by atoms with Crippen LogP contribution in [0.5, 0.6) is 0 Å². The van der Waals surface area contributed by atoms with Gasteiger partial charge in [0.15, 0.2) is 0 Å². The molecule has 0 spiro atoms. The number of quaternary nitrogens is 1. The fourth-order valence-corrected chi connectivity index (χ4v) is 6.48. The molecule has 286 valence electrons. The number of piperidine rings is 1. The molecular weight excluding hydrogens is 654 g/mol. The Kier molecular flexibility index (Phi) is 19.2. The molecule has 0 unspecified atom stereocenters. The van der Waals surface area contributed by atoms with E-state index in [1.54, 1.807) is 0 Å². The van der Waals surface area contributed by atoms with Gasteiger partial charge in [-0.2, -0.15) is 0 Å². The fourth-order valence-electron chi connectivity index (χ4n) is 6.48. The number of hydrogen-bond donors (Lipinski definition) is 1. The maximum Gasteiger partial charge on any atom is 0.411 e. The molecule has 3 aromatic rings. The molecule has 0 aliphatic carbocycles. The molecular formula is C43H64N3O6+. The molecule has 52 heavy (non-hydrogen) atoms. The number of anilines is 1. The van der Waals surface area contributed by atoms with Crippen LogP contribution in [-0.4, -0.2) is 115 Å². The van der Waals surface area contributed by atoms with E-state index in [1.165, 1.54) is 30.4 Å². The van der Waals surface area contributed by atoms with E-state index in [9.17, 15) is 4.79 Å². The van der Waals surface area contributed by atoms with Crippen LogP contribution in [0.15, 0.2) is 78.9 Å². The highest BCUT2D eigenvalue weighted by Gasteiger charge is 2.22. The lowest BCUT2D eigenvalue weighted by atomic mass is 10.0. The van der Waals surface area contributed by atoms with E-state index in [0.29, 0.717) is 33.0 Å². The van der Waals surface area contributed by atoms with Gasteiger partial charge in [0.25, 0.3) is 0 Å². The predicted octanol–water partition coefficient (Wildman–Crippen LogP) is 7.83. The highest BCUT2D eigenvalue weighted by Crippen LogP contribution is 2.28. The number of rotatable bonds is 25. The second kappa shape index (κ2) is 24.1. The average molecular weight is 719 g/mol. The van der Waals surface area contributed by atoms with Crippen LogP contribution in [-0.2, 0) is 36.7 Å². The van der Waals surface area contributed by atoms with Crippen molar-refractivity contribution in [3.05, 3.63) is 90.0 Å². The smallest absolute Gasteiger partial charge is 0.411 e. The molecule has 3 aromatic carbocycles. The minimum atomic E-state index is -0.400. The Balaban J connectivity index is 0.912. The number of benzene rings is 3. The van der Waals surface area contributed by atoms with Crippen molar-refractivity contribution >= 4 is 11.8 Å². The first-order valence-electron chi connectivity index (χ1n) is 19.5. The molecule has 0 bridgehead atoms. The van der Waals surface area contributed by atoms with Crippen molar-refractivity contribution < 1.29 is 33.0 Å². The van der Waals surface area contributed by atoms with Crippen LogP contribution in [0, 0.1) is 0 Å².